The Labute approximate surface area is 180 Å². The Morgan fingerprint density at radius 1 is 1.00 bits per heavy atom. The van der Waals surface area contributed by atoms with Crippen LogP contribution in [-0.4, -0.2) is 45.7 Å². The maximum absolute atomic E-state index is 5.39. The average Bonchev–Trinajstić information content (AvgIpc) is 2.65. The summed E-state index contributed by atoms with van der Waals surface area (Å²) in [5.41, 5.74) is 3.74. The SMILES string of the molecule is CN=C(NCCc1ccccc1OC)NCc1ccc(CN(C)C)cc1.I. The van der Waals surface area contributed by atoms with Gasteiger partial charge in [0.2, 0.25) is 0 Å². The molecule has 0 heterocycles. The van der Waals surface area contributed by atoms with Crippen LogP contribution in [0.15, 0.2) is 53.5 Å². The van der Waals surface area contributed by atoms with Crippen molar-refractivity contribution in [2.24, 2.45) is 4.99 Å². The fraction of sp³-hybridized carbons (Fsp3) is 0.381. The van der Waals surface area contributed by atoms with Crippen LogP contribution in [0.3, 0.4) is 0 Å². The number of methoxy groups -OCH3 is 1. The van der Waals surface area contributed by atoms with Crippen molar-refractivity contribution in [3.63, 3.8) is 0 Å². The Hall–Kier alpha value is -1.80. The van der Waals surface area contributed by atoms with Gasteiger partial charge < -0.3 is 20.3 Å². The highest BCUT2D eigenvalue weighted by Crippen LogP contribution is 2.17. The number of ether oxygens (including phenoxy) is 1. The number of rotatable bonds is 8. The van der Waals surface area contributed by atoms with Gasteiger partial charge in [-0.05, 0) is 43.3 Å². The molecule has 27 heavy (non-hydrogen) atoms. The van der Waals surface area contributed by atoms with E-state index in [4.69, 9.17) is 4.74 Å². The second kappa shape index (κ2) is 12.6. The maximum Gasteiger partial charge on any atom is 0.191 e. The summed E-state index contributed by atoms with van der Waals surface area (Å²) >= 11 is 0. The maximum atomic E-state index is 5.39. The zero-order valence-corrected chi connectivity index (χ0v) is 19.0. The first-order valence-electron chi connectivity index (χ1n) is 8.91. The van der Waals surface area contributed by atoms with Gasteiger partial charge in [0, 0.05) is 26.7 Å². The van der Waals surface area contributed by atoms with Crippen molar-refractivity contribution >= 4 is 29.9 Å². The van der Waals surface area contributed by atoms with Crippen LogP contribution >= 0.6 is 24.0 Å². The van der Waals surface area contributed by atoms with E-state index >= 15 is 0 Å². The van der Waals surface area contributed by atoms with Crippen LogP contribution in [0.1, 0.15) is 16.7 Å². The molecule has 0 saturated heterocycles. The predicted molar refractivity (Wildman–Crippen MR) is 124 cm³/mol. The third kappa shape index (κ3) is 8.17. The average molecular weight is 482 g/mol. The van der Waals surface area contributed by atoms with Crippen molar-refractivity contribution in [3.8, 4) is 5.75 Å². The standard InChI is InChI=1S/C21H30N4O.HI/c1-22-21(23-14-13-19-7-5-6-8-20(19)26-4)24-15-17-9-11-18(12-10-17)16-25(2)3;/h5-12H,13-16H2,1-4H3,(H2,22,23,24);1H. The number of hydrogen-bond donors (Lipinski definition) is 2. The monoisotopic (exact) mass is 482 g/mol. The van der Waals surface area contributed by atoms with Gasteiger partial charge in [0.15, 0.2) is 5.96 Å². The highest BCUT2D eigenvalue weighted by molar-refractivity contribution is 14.0. The lowest BCUT2D eigenvalue weighted by atomic mass is 10.1. The normalized spacial score (nSPS) is 11.1. The fourth-order valence-corrected chi connectivity index (χ4v) is 2.76. The molecule has 0 aliphatic rings. The molecule has 0 aromatic heterocycles. The molecule has 0 unspecified atom stereocenters. The Bertz CT molecular complexity index is 702. The first-order chi connectivity index (χ1) is 12.6. The Morgan fingerprint density at radius 2 is 1.67 bits per heavy atom. The fourth-order valence-electron chi connectivity index (χ4n) is 2.76. The van der Waals surface area contributed by atoms with E-state index in [0.29, 0.717) is 0 Å². The lowest BCUT2D eigenvalue weighted by Crippen LogP contribution is -2.37. The summed E-state index contributed by atoms with van der Waals surface area (Å²) in [6.07, 6.45) is 0.879. The van der Waals surface area contributed by atoms with E-state index in [2.05, 4.69) is 65.0 Å². The minimum atomic E-state index is 0. The van der Waals surface area contributed by atoms with Gasteiger partial charge in [-0.3, -0.25) is 4.99 Å². The highest BCUT2D eigenvalue weighted by Gasteiger charge is 2.03. The molecule has 6 heteroatoms. The molecule has 0 spiro atoms. The number of nitrogens with zero attached hydrogens (tertiary/aromatic N) is 2. The van der Waals surface area contributed by atoms with Gasteiger partial charge >= 0.3 is 0 Å². The van der Waals surface area contributed by atoms with E-state index in [1.165, 1.54) is 16.7 Å². The first kappa shape index (κ1) is 23.2. The number of aliphatic imine (C=N–C) groups is 1. The molecular formula is C21H31IN4O. The molecule has 2 aromatic carbocycles. The number of halogens is 1. The molecule has 2 aromatic rings. The number of nitrogens with one attached hydrogen (secondary N) is 2. The molecule has 0 fully saturated rings. The van der Waals surface area contributed by atoms with Crippen molar-refractivity contribution in [3.05, 3.63) is 65.2 Å². The summed E-state index contributed by atoms with van der Waals surface area (Å²) in [7, 11) is 7.65. The molecule has 0 radical (unpaired) electrons. The van der Waals surface area contributed by atoms with Crippen LogP contribution in [0.5, 0.6) is 5.75 Å². The van der Waals surface area contributed by atoms with Crippen LogP contribution in [0.2, 0.25) is 0 Å². The number of benzene rings is 2. The topological polar surface area (TPSA) is 48.9 Å². The molecule has 5 nitrogen and oxygen atoms in total. The van der Waals surface area contributed by atoms with E-state index < -0.39 is 0 Å². The Morgan fingerprint density at radius 3 is 2.30 bits per heavy atom. The zero-order chi connectivity index (χ0) is 18.8. The van der Waals surface area contributed by atoms with E-state index in [1.807, 2.05) is 18.2 Å². The van der Waals surface area contributed by atoms with Gasteiger partial charge in [-0.15, -0.1) is 24.0 Å². The summed E-state index contributed by atoms with van der Waals surface area (Å²) in [5.74, 6) is 1.73. The molecule has 0 aliphatic heterocycles. The van der Waals surface area contributed by atoms with Crippen LogP contribution in [0.25, 0.3) is 0 Å². The van der Waals surface area contributed by atoms with Crippen LogP contribution in [0, 0.1) is 0 Å². The summed E-state index contributed by atoms with van der Waals surface area (Å²) in [6.45, 7) is 2.50. The van der Waals surface area contributed by atoms with Gasteiger partial charge in [0.25, 0.3) is 0 Å². The summed E-state index contributed by atoms with van der Waals surface area (Å²) in [6, 6.07) is 16.8. The molecule has 0 saturated carbocycles. The van der Waals surface area contributed by atoms with Crippen molar-refractivity contribution in [2.45, 2.75) is 19.5 Å². The number of para-hydroxylation sites is 1. The second-order valence-electron chi connectivity index (χ2n) is 6.47. The third-order valence-corrected chi connectivity index (χ3v) is 4.08. The lowest BCUT2D eigenvalue weighted by molar-refractivity contribution is 0.402. The van der Waals surface area contributed by atoms with Crippen molar-refractivity contribution in [1.29, 1.82) is 0 Å². The molecule has 0 amide bonds. The zero-order valence-electron chi connectivity index (χ0n) is 16.7. The van der Waals surface area contributed by atoms with E-state index in [1.54, 1.807) is 14.2 Å². The summed E-state index contributed by atoms with van der Waals surface area (Å²) in [5, 5.41) is 6.71. The van der Waals surface area contributed by atoms with Gasteiger partial charge in [0.05, 0.1) is 7.11 Å². The summed E-state index contributed by atoms with van der Waals surface area (Å²) in [4.78, 5) is 6.46. The van der Waals surface area contributed by atoms with Gasteiger partial charge in [-0.25, -0.2) is 0 Å². The Balaban J connectivity index is 0.00000364. The minimum absolute atomic E-state index is 0. The van der Waals surface area contributed by atoms with E-state index in [0.717, 1.165) is 37.8 Å². The van der Waals surface area contributed by atoms with E-state index in [-0.39, 0.29) is 24.0 Å². The summed E-state index contributed by atoms with van der Waals surface area (Å²) < 4.78 is 5.39. The molecular weight excluding hydrogens is 451 g/mol. The molecule has 148 valence electrons. The van der Waals surface area contributed by atoms with Crippen LogP contribution in [0.4, 0.5) is 0 Å². The van der Waals surface area contributed by atoms with Crippen LogP contribution < -0.4 is 15.4 Å². The molecule has 0 aliphatic carbocycles. The first-order valence-corrected chi connectivity index (χ1v) is 8.91. The van der Waals surface area contributed by atoms with Crippen molar-refractivity contribution in [2.75, 3.05) is 34.8 Å². The number of guanidine groups is 1. The molecule has 2 rings (SSSR count). The predicted octanol–water partition coefficient (Wildman–Crippen LogP) is 3.28. The lowest BCUT2D eigenvalue weighted by Gasteiger charge is -2.14. The quantitative estimate of drug-likeness (QED) is 0.345. The van der Waals surface area contributed by atoms with Gasteiger partial charge in [-0.2, -0.15) is 0 Å². The highest BCUT2D eigenvalue weighted by atomic mass is 127. The van der Waals surface area contributed by atoms with Gasteiger partial charge in [0.1, 0.15) is 5.75 Å². The smallest absolute Gasteiger partial charge is 0.191 e. The molecule has 0 bridgehead atoms. The third-order valence-electron chi connectivity index (χ3n) is 4.08. The van der Waals surface area contributed by atoms with Crippen LogP contribution in [-0.2, 0) is 19.5 Å². The molecule has 2 N–H and O–H groups in total. The second-order valence-corrected chi connectivity index (χ2v) is 6.47. The minimum Gasteiger partial charge on any atom is -0.496 e. The van der Waals surface area contributed by atoms with Crippen molar-refractivity contribution < 1.29 is 4.74 Å². The van der Waals surface area contributed by atoms with Gasteiger partial charge in [-0.1, -0.05) is 42.5 Å². The Kier molecular flexibility index (Phi) is 10.8. The number of hydrogen-bond acceptors (Lipinski definition) is 3. The largest absolute Gasteiger partial charge is 0.496 e. The molecule has 0 atom stereocenters. The van der Waals surface area contributed by atoms with Crippen molar-refractivity contribution in [1.82, 2.24) is 15.5 Å². The van der Waals surface area contributed by atoms with E-state index in [9.17, 15) is 0 Å².